The smallest absolute Gasteiger partial charge is 0.277 e. The lowest BCUT2D eigenvalue weighted by Gasteiger charge is -2.04. The van der Waals surface area contributed by atoms with Gasteiger partial charge in [0.15, 0.2) is 11.5 Å². The molecule has 1 N–H and O–H groups in total. The molecule has 0 bridgehead atoms. The molecule has 0 saturated heterocycles. The Hall–Kier alpha value is -3.10. The molecule has 3 aromatic heterocycles. The van der Waals surface area contributed by atoms with Crippen LogP contribution in [0.25, 0.3) is 0 Å². The largest absolute Gasteiger partial charge is 0.304 e. The second-order valence-electron chi connectivity index (χ2n) is 6.85. The average molecular weight is 444 g/mol. The Kier molecular flexibility index (Phi) is 5.61. The summed E-state index contributed by atoms with van der Waals surface area (Å²) >= 11 is 12.1. The van der Waals surface area contributed by atoms with Crippen LogP contribution in [-0.2, 0) is 13.2 Å². The van der Waals surface area contributed by atoms with Gasteiger partial charge in [0.25, 0.3) is 5.91 Å². The van der Waals surface area contributed by atoms with Crippen molar-refractivity contribution in [2.45, 2.75) is 27.1 Å². The zero-order valence-electron chi connectivity index (χ0n) is 16.4. The maximum Gasteiger partial charge on any atom is 0.277 e. The number of carbonyl (C=O) groups excluding carboxylic acids is 1. The lowest BCUT2D eigenvalue weighted by molar-refractivity contribution is 0.102. The van der Waals surface area contributed by atoms with Crippen LogP contribution in [0.2, 0.25) is 10.0 Å². The van der Waals surface area contributed by atoms with Crippen molar-refractivity contribution in [2.24, 2.45) is 0 Å². The van der Waals surface area contributed by atoms with Gasteiger partial charge in [0.1, 0.15) is 6.67 Å². The van der Waals surface area contributed by atoms with Crippen LogP contribution >= 0.6 is 23.2 Å². The van der Waals surface area contributed by atoms with Crippen LogP contribution in [0.15, 0.2) is 48.8 Å². The predicted octanol–water partition coefficient (Wildman–Crippen LogP) is 4.01. The minimum Gasteiger partial charge on any atom is -0.304 e. The molecule has 8 nitrogen and oxygen atoms in total. The van der Waals surface area contributed by atoms with Crippen molar-refractivity contribution in [1.29, 1.82) is 0 Å². The van der Waals surface area contributed by atoms with Crippen LogP contribution in [0, 0.1) is 13.8 Å². The minimum absolute atomic E-state index is 0.287. The second-order valence-corrected chi connectivity index (χ2v) is 7.66. The zero-order chi connectivity index (χ0) is 21.3. The van der Waals surface area contributed by atoms with Crippen molar-refractivity contribution in [3.05, 3.63) is 81.5 Å². The average Bonchev–Trinajstić information content (AvgIpc) is 3.42. The summed E-state index contributed by atoms with van der Waals surface area (Å²) in [6.07, 6.45) is 3.52. The first-order chi connectivity index (χ1) is 14.4. The van der Waals surface area contributed by atoms with Gasteiger partial charge in [-0.25, -0.2) is 4.68 Å². The molecule has 4 rings (SSSR count). The third-order valence-electron chi connectivity index (χ3n) is 4.59. The number of carbonyl (C=O) groups is 1. The number of rotatable bonds is 6. The van der Waals surface area contributed by atoms with Gasteiger partial charge in [-0.3, -0.25) is 14.2 Å². The third kappa shape index (κ3) is 4.39. The molecule has 1 amide bonds. The quantitative estimate of drug-likeness (QED) is 0.487. The number of amides is 1. The number of nitrogens with zero attached hydrogens (tertiary/aromatic N) is 6. The van der Waals surface area contributed by atoms with Crippen LogP contribution in [0.1, 0.15) is 27.4 Å². The summed E-state index contributed by atoms with van der Waals surface area (Å²) < 4.78 is 5.11. The molecule has 0 unspecified atom stereocenters. The van der Waals surface area contributed by atoms with Gasteiger partial charge in [0.05, 0.1) is 23.0 Å². The van der Waals surface area contributed by atoms with E-state index in [-0.39, 0.29) is 11.6 Å². The first kappa shape index (κ1) is 20.2. The number of nitrogens with one attached hydrogen (secondary N) is 1. The molecule has 0 fully saturated rings. The summed E-state index contributed by atoms with van der Waals surface area (Å²) in [4.78, 5) is 12.5. The number of hydrogen-bond acceptors (Lipinski definition) is 4. The predicted molar refractivity (Wildman–Crippen MR) is 115 cm³/mol. The Bertz CT molecular complexity index is 1190. The van der Waals surface area contributed by atoms with Crippen LogP contribution in [-0.4, -0.2) is 35.2 Å². The number of hydrogen-bond donors (Lipinski definition) is 1. The lowest BCUT2D eigenvalue weighted by atomic mass is 10.2. The van der Waals surface area contributed by atoms with Gasteiger partial charge in [-0.1, -0.05) is 35.3 Å². The fraction of sp³-hybridized carbons (Fsp3) is 0.200. The van der Waals surface area contributed by atoms with E-state index in [0.717, 1.165) is 17.0 Å². The molecular formula is C20H19Cl2N7O. The van der Waals surface area contributed by atoms with Gasteiger partial charge >= 0.3 is 0 Å². The van der Waals surface area contributed by atoms with Crippen molar-refractivity contribution in [3.8, 4) is 0 Å². The molecule has 0 aliphatic rings. The summed E-state index contributed by atoms with van der Waals surface area (Å²) in [5.41, 5.74) is 2.95. The first-order valence-corrected chi connectivity index (χ1v) is 9.97. The second kappa shape index (κ2) is 8.33. The first-order valence-electron chi connectivity index (χ1n) is 9.21. The van der Waals surface area contributed by atoms with E-state index >= 15 is 0 Å². The summed E-state index contributed by atoms with van der Waals surface area (Å²) in [5, 5.41) is 17.2. The van der Waals surface area contributed by atoms with Crippen molar-refractivity contribution >= 4 is 34.9 Å². The van der Waals surface area contributed by atoms with Gasteiger partial charge < -0.3 is 5.32 Å². The Morgan fingerprint density at radius 2 is 1.70 bits per heavy atom. The van der Waals surface area contributed by atoms with Crippen molar-refractivity contribution < 1.29 is 4.79 Å². The normalized spacial score (nSPS) is 11.1. The molecular weight excluding hydrogens is 425 g/mol. The van der Waals surface area contributed by atoms with Gasteiger partial charge in [-0.2, -0.15) is 15.3 Å². The molecule has 154 valence electrons. The lowest BCUT2D eigenvalue weighted by Crippen LogP contribution is -2.16. The third-order valence-corrected chi connectivity index (χ3v) is 5.38. The number of aromatic nitrogens is 6. The van der Waals surface area contributed by atoms with E-state index in [1.807, 2.05) is 38.1 Å². The van der Waals surface area contributed by atoms with Crippen LogP contribution < -0.4 is 5.32 Å². The van der Waals surface area contributed by atoms with E-state index in [1.54, 1.807) is 38.6 Å². The number of benzene rings is 1. The molecule has 0 atom stereocenters. The van der Waals surface area contributed by atoms with Crippen LogP contribution in [0.3, 0.4) is 0 Å². The van der Waals surface area contributed by atoms with E-state index in [2.05, 4.69) is 20.6 Å². The molecule has 0 aliphatic heterocycles. The molecule has 0 spiro atoms. The number of halogens is 2. The van der Waals surface area contributed by atoms with Gasteiger partial charge in [-0.05, 0) is 37.6 Å². The maximum absolute atomic E-state index is 12.5. The number of anilines is 1. The summed E-state index contributed by atoms with van der Waals surface area (Å²) in [6, 6.07) is 10.9. The van der Waals surface area contributed by atoms with Crippen LogP contribution in [0.5, 0.6) is 0 Å². The minimum atomic E-state index is -0.336. The van der Waals surface area contributed by atoms with E-state index in [1.165, 1.54) is 0 Å². The summed E-state index contributed by atoms with van der Waals surface area (Å²) in [7, 11) is 0. The molecule has 4 aromatic rings. The highest BCUT2D eigenvalue weighted by atomic mass is 35.5. The van der Waals surface area contributed by atoms with Crippen molar-refractivity contribution in [3.63, 3.8) is 0 Å². The SMILES string of the molecule is Cc1nn(Cn2ccc(C(=O)Nc3ccn(Cc4ccc(Cl)cc4)n3)n2)c(C)c1Cl. The molecule has 0 saturated carbocycles. The van der Waals surface area contributed by atoms with E-state index in [4.69, 9.17) is 23.2 Å². The Morgan fingerprint density at radius 3 is 2.40 bits per heavy atom. The molecule has 3 heterocycles. The van der Waals surface area contributed by atoms with E-state index in [9.17, 15) is 4.79 Å². The Morgan fingerprint density at radius 1 is 0.967 bits per heavy atom. The highest BCUT2D eigenvalue weighted by molar-refractivity contribution is 6.31. The Balaban J connectivity index is 1.39. The zero-order valence-corrected chi connectivity index (χ0v) is 17.9. The summed E-state index contributed by atoms with van der Waals surface area (Å²) in [5.74, 6) is 0.116. The Labute approximate surface area is 183 Å². The van der Waals surface area contributed by atoms with Gasteiger partial charge in [0, 0.05) is 23.5 Å². The van der Waals surface area contributed by atoms with E-state index in [0.29, 0.717) is 29.1 Å². The molecule has 10 heteroatoms. The van der Waals surface area contributed by atoms with Crippen molar-refractivity contribution in [2.75, 3.05) is 5.32 Å². The molecule has 1 aromatic carbocycles. The molecule has 0 radical (unpaired) electrons. The standard InChI is InChI=1S/C20H19Cl2N7O/c1-13-19(22)14(2)29(24-13)12-28-9-7-17(25-28)20(30)23-18-8-10-27(26-18)11-15-3-5-16(21)6-4-15/h3-10H,11-12H2,1-2H3,(H,23,26,30). The topological polar surface area (TPSA) is 82.6 Å². The summed E-state index contributed by atoms with van der Waals surface area (Å²) in [6.45, 7) is 4.68. The molecule has 0 aliphatic carbocycles. The fourth-order valence-corrected chi connectivity index (χ4v) is 3.25. The highest BCUT2D eigenvalue weighted by Crippen LogP contribution is 2.19. The van der Waals surface area contributed by atoms with Crippen molar-refractivity contribution in [1.82, 2.24) is 29.3 Å². The van der Waals surface area contributed by atoms with Gasteiger partial charge in [0.2, 0.25) is 0 Å². The molecule has 30 heavy (non-hydrogen) atoms. The van der Waals surface area contributed by atoms with Crippen LogP contribution in [0.4, 0.5) is 5.82 Å². The maximum atomic E-state index is 12.5. The monoisotopic (exact) mass is 443 g/mol. The fourth-order valence-electron chi connectivity index (χ4n) is 2.99. The number of aryl methyl sites for hydroxylation is 1. The van der Waals surface area contributed by atoms with E-state index < -0.39 is 0 Å². The highest BCUT2D eigenvalue weighted by Gasteiger charge is 2.14. The van der Waals surface area contributed by atoms with Gasteiger partial charge in [-0.15, -0.1) is 0 Å².